The first kappa shape index (κ1) is 17.8. The first-order valence-corrected chi connectivity index (χ1v) is 8.50. The van der Waals surface area contributed by atoms with Gasteiger partial charge in [-0.1, -0.05) is 13.3 Å². The highest BCUT2D eigenvalue weighted by Gasteiger charge is 2.35. The number of imide groups is 1. The number of fused-ring (bicyclic) bond motifs is 1. The number of amides is 3. The summed E-state index contributed by atoms with van der Waals surface area (Å²) in [6.45, 7) is 4.05. The smallest absolute Gasteiger partial charge is 0.261 e. The van der Waals surface area contributed by atoms with Crippen molar-refractivity contribution in [1.29, 1.82) is 0 Å². The maximum absolute atomic E-state index is 13.2. The average Bonchev–Trinajstić information content (AvgIpc) is 2.86. The van der Waals surface area contributed by atoms with Crippen LogP contribution >= 0.6 is 0 Å². The number of rotatable bonds is 5. The lowest BCUT2D eigenvalue weighted by atomic mass is 10.0. The van der Waals surface area contributed by atoms with Crippen molar-refractivity contribution in [3.8, 4) is 0 Å². The molecule has 0 aliphatic carbocycles. The van der Waals surface area contributed by atoms with Crippen molar-refractivity contribution < 1.29 is 18.8 Å². The molecule has 0 saturated carbocycles. The Morgan fingerprint density at radius 3 is 2.50 bits per heavy atom. The van der Waals surface area contributed by atoms with Crippen LogP contribution in [0.5, 0.6) is 0 Å². The van der Waals surface area contributed by atoms with Crippen LogP contribution in [0.15, 0.2) is 36.4 Å². The van der Waals surface area contributed by atoms with Crippen LogP contribution in [0.2, 0.25) is 0 Å². The maximum atomic E-state index is 13.2. The minimum atomic E-state index is -0.422. The summed E-state index contributed by atoms with van der Waals surface area (Å²) in [6, 6.07) is 8.54. The highest BCUT2D eigenvalue weighted by atomic mass is 19.1. The van der Waals surface area contributed by atoms with Gasteiger partial charge in [-0.3, -0.25) is 19.3 Å². The first-order valence-electron chi connectivity index (χ1n) is 8.50. The number of nitrogens with one attached hydrogen (secondary N) is 1. The van der Waals surface area contributed by atoms with E-state index in [-0.39, 0.29) is 28.8 Å². The molecule has 0 fully saturated rings. The third-order valence-electron chi connectivity index (χ3n) is 4.40. The number of benzene rings is 2. The topological polar surface area (TPSA) is 66.5 Å². The van der Waals surface area contributed by atoms with Gasteiger partial charge in [0.1, 0.15) is 5.82 Å². The third kappa shape index (κ3) is 3.22. The van der Waals surface area contributed by atoms with Crippen molar-refractivity contribution in [3.05, 3.63) is 64.5 Å². The number of carbonyl (C=O) groups excluding carboxylic acids is 3. The van der Waals surface area contributed by atoms with E-state index in [1.54, 1.807) is 6.92 Å². The molecule has 0 radical (unpaired) electrons. The van der Waals surface area contributed by atoms with Crippen molar-refractivity contribution in [2.75, 3.05) is 11.9 Å². The molecule has 0 atom stereocenters. The summed E-state index contributed by atoms with van der Waals surface area (Å²) in [7, 11) is 0. The summed E-state index contributed by atoms with van der Waals surface area (Å²) in [4.78, 5) is 38.5. The molecule has 0 aromatic heterocycles. The molecule has 0 bridgehead atoms. The van der Waals surface area contributed by atoms with Crippen molar-refractivity contribution in [2.24, 2.45) is 0 Å². The van der Waals surface area contributed by atoms with Crippen LogP contribution < -0.4 is 5.32 Å². The van der Waals surface area contributed by atoms with Crippen LogP contribution in [0.25, 0.3) is 0 Å². The zero-order chi connectivity index (χ0) is 18.8. The molecule has 6 heteroatoms. The quantitative estimate of drug-likeness (QED) is 0.831. The lowest BCUT2D eigenvalue weighted by molar-refractivity contribution is 0.0652. The predicted octanol–water partition coefficient (Wildman–Crippen LogP) is 3.78. The Balaban J connectivity index is 1.84. The molecule has 3 rings (SSSR count). The Bertz CT molecular complexity index is 908. The number of anilines is 1. The molecule has 2 aromatic carbocycles. The summed E-state index contributed by atoms with van der Waals surface area (Å²) < 4.78 is 13.2. The molecule has 0 unspecified atom stereocenters. The van der Waals surface area contributed by atoms with Gasteiger partial charge < -0.3 is 5.32 Å². The van der Waals surface area contributed by atoms with Gasteiger partial charge in [-0.2, -0.15) is 0 Å². The summed E-state index contributed by atoms with van der Waals surface area (Å²) in [5.41, 5.74) is 1.92. The van der Waals surface area contributed by atoms with Gasteiger partial charge in [0.15, 0.2) is 0 Å². The van der Waals surface area contributed by atoms with Crippen molar-refractivity contribution in [1.82, 2.24) is 4.90 Å². The van der Waals surface area contributed by atoms with Gasteiger partial charge in [-0.05, 0) is 55.3 Å². The molecule has 5 nitrogen and oxygen atoms in total. The van der Waals surface area contributed by atoms with Gasteiger partial charge in [0.05, 0.1) is 11.1 Å². The van der Waals surface area contributed by atoms with Crippen LogP contribution in [-0.4, -0.2) is 29.2 Å². The minimum absolute atomic E-state index is 0.245. The summed E-state index contributed by atoms with van der Waals surface area (Å²) >= 11 is 0. The molecule has 1 heterocycles. The van der Waals surface area contributed by atoms with Crippen LogP contribution in [0.4, 0.5) is 10.1 Å². The molecule has 3 amide bonds. The van der Waals surface area contributed by atoms with Crippen LogP contribution in [0, 0.1) is 12.7 Å². The fourth-order valence-corrected chi connectivity index (χ4v) is 2.91. The van der Waals surface area contributed by atoms with Crippen LogP contribution in [0.1, 0.15) is 56.4 Å². The van der Waals surface area contributed by atoms with Gasteiger partial charge in [-0.15, -0.1) is 0 Å². The van der Waals surface area contributed by atoms with Crippen LogP contribution in [0.3, 0.4) is 0 Å². The van der Waals surface area contributed by atoms with Gasteiger partial charge in [0.2, 0.25) is 0 Å². The third-order valence-corrected chi connectivity index (χ3v) is 4.40. The Morgan fingerprint density at radius 1 is 1.08 bits per heavy atom. The zero-order valence-corrected chi connectivity index (χ0v) is 14.6. The molecular formula is C20H19FN2O3. The zero-order valence-electron chi connectivity index (χ0n) is 14.6. The number of aryl methyl sites for hydroxylation is 1. The van der Waals surface area contributed by atoms with E-state index in [2.05, 4.69) is 5.32 Å². The highest BCUT2D eigenvalue weighted by Crippen LogP contribution is 2.25. The van der Waals surface area contributed by atoms with E-state index in [0.29, 0.717) is 23.4 Å². The fraction of sp³-hybridized carbons (Fsp3) is 0.250. The fourth-order valence-electron chi connectivity index (χ4n) is 2.91. The number of nitrogens with zero attached hydrogens (tertiary/aromatic N) is 1. The molecule has 2 aromatic rings. The Kier molecular flexibility index (Phi) is 4.84. The standard InChI is InChI=1S/C20H19FN2O3/c1-3-4-9-23-19(25)15-7-5-13(11-16(15)20(23)26)18(24)22-17-8-6-14(21)10-12(17)2/h5-8,10-11H,3-4,9H2,1-2H3,(H,22,24). The molecular weight excluding hydrogens is 335 g/mol. The number of hydrogen-bond acceptors (Lipinski definition) is 3. The summed E-state index contributed by atoms with van der Waals surface area (Å²) in [5.74, 6) is -1.49. The van der Waals surface area contributed by atoms with E-state index in [9.17, 15) is 18.8 Å². The monoisotopic (exact) mass is 354 g/mol. The molecule has 1 N–H and O–H groups in total. The van der Waals surface area contributed by atoms with Gasteiger partial charge in [0.25, 0.3) is 17.7 Å². The second-order valence-electron chi connectivity index (χ2n) is 6.29. The molecule has 0 saturated heterocycles. The van der Waals surface area contributed by atoms with Gasteiger partial charge in [-0.25, -0.2) is 4.39 Å². The van der Waals surface area contributed by atoms with Crippen molar-refractivity contribution >= 4 is 23.4 Å². The lowest BCUT2D eigenvalue weighted by Gasteiger charge is -2.12. The second kappa shape index (κ2) is 7.07. The Morgan fingerprint density at radius 2 is 1.81 bits per heavy atom. The Hall–Kier alpha value is -3.02. The molecule has 0 spiro atoms. The Labute approximate surface area is 150 Å². The highest BCUT2D eigenvalue weighted by molar-refractivity contribution is 6.22. The normalized spacial score (nSPS) is 13.1. The first-order chi connectivity index (χ1) is 12.4. The van der Waals surface area contributed by atoms with Crippen LogP contribution in [-0.2, 0) is 0 Å². The van der Waals surface area contributed by atoms with Gasteiger partial charge >= 0.3 is 0 Å². The van der Waals surface area contributed by atoms with E-state index < -0.39 is 5.91 Å². The summed E-state index contributed by atoms with van der Waals surface area (Å²) in [5, 5.41) is 2.70. The molecule has 26 heavy (non-hydrogen) atoms. The lowest BCUT2D eigenvalue weighted by Crippen LogP contribution is -2.30. The largest absolute Gasteiger partial charge is 0.322 e. The number of unbranched alkanes of at least 4 members (excludes halogenated alkanes) is 1. The molecule has 1 aliphatic rings. The predicted molar refractivity (Wildman–Crippen MR) is 95.8 cm³/mol. The number of hydrogen-bond donors (Lipinski definition) is 1. The number of carbonyl (C=O) groups is 3. The molecule has 1 aliphatic heterocycles. The molecule has 134 valence electrons. The number of halogens is 1. The van der Waals surface area contributed by atoms with E-state index in [1.807, 2.05) is 6.92 Å². The van der Waals surface area contributed by atoms with Crippen molar-refractivity contribution in [2.45, 2.75) is 26.7 Å². The second-order valence-corrected chi connectivity index (χ2v) is 6.29. The minimum Gasteiger partial charge on any atom is -0.322 e. The van der Waals surface area contributed by atoms with E-state index in [4.69, 9.17) is 0 Å². The van der Waals surface area contributed by atoms with E-state index in [1.165, 1.54) is 41.3 Å². The average molecular weight is 354 g/mol. The summed E-state index contributed by atoms with van der Waals surface area (Å²) in [6.07, 6.45) is 1.61. The maximum Gasteiger partial charge on any atom is 0.261 e. The van der Waals surface area contributed by atoms with E-state index >= 15 is 0 Å². The SMILES string of the molecule is CCCCN1C(=O)c2ccc(C(=O)Nc3ccc(F)cc3C)cc2C1=O. The van der Waals surface area contributed by atoms with Gasteiger partial charge in [0, 0.05) is 17.8 Å². The van der Waals surface area contributed by atoms with Crippen molar-refractivity contribution in [3.63, 3.8) is 0 Å². The van der Waals surface area contributed by atoms with E-state index in [0.717, 1.165) is 12.8 Å².